The first-order valence-electron chi connectivity index (χ1n) is 7.43. The maximum atomic E-state index is 13.0. The number of hydrogen-bond donors (Lipinski definition) is 1. The van der Waals surface area contributed by atoms with Crippen LogP contribution in [0.5, 0.6) is 5.75 Å². The van der Waals surface area contributed by atoms with Gasteiger partial charge in [-0.05, 0) is 37.0 Å². The van der Waals surface area contributed by atoms with Crippen molar-refractivity contribution in [1.29, 1.82) is 0 Å². The third kappa shape index (κ3) is 3.22. The van der Waals surface area contributed by atoms with Crippen molar-refractivity contribution in [2.75, 3.05) is 13.7 Å². The van der Waals surface area contributed by atoms with Crippen molar-refractivity contribution >= 4 is 10.0 Å². The van der Waals surface area contributed by atoms with Crippen LogP contribution < -0.4 is 10.5 Å². The number of benzene rings is 1. The summed E-state index contributed by atoms with van der Waals surface area (Å²) in [5.74, 6) is 0.373. The molecule has 1 aromatic carbocycles. The topological polar surface area (TPSA) is 72.6 Å². The standard InChI is InChI=1S/C15H24N2O3S/c1-3-13-6-4-5-9-17(13)21(18,19)15-8-7-12(11-16)10-14(15)20-2/h7-8,10,13H,3-6,9,11,16H2,1-2H3. The van der Waals surface area contributed by atoms with Gasteiger partial charge in [0, 0.05) is 19.1 Å². The van der Waals surface area contributed by atoms with E-state index in [1.165, 1.54) is 7.11 Å². The Labute approximate surface area is 127 Å². The molecule has 1 fully saturated rings. The van der Waals surface area contributed by atoms with Gasteiger partial charge in [0.15, 0.2) is 0 Å². The van der Waals surface area contributed by atoms with E-state index in [0.29, 0.717) is 18.8 Å². The van der Waals surface area contributed by atoms with Crippen LogP contribution >= 0.6 is 0 Å². The summed E-state index contributed by atoms with van der Waals surface area (Å²) in [6.07, 6.45) is 3.77. The van der Waals surface area contributed by atoms with Gasteiger partial charge in [-0.3, -0.25) is 0 Å². The fraction of sp³-hybridized carbons (Fsp3) is 0.600. The average molecular weight is 312 g/mol. The first kappa shape index (κ1) is 16.3. The minimum absolute atomic E-state index is 0.0858. The third-order valence-corrected chi connectivity index (χ3v) is 6.09. The Hall–Kier alpha value is -1.11. The molecular weight excluding hydrogens is 288 g/mol. The molecule has 1 unspecified atom stereocenters. The van der Waals surface area contributed by atoms with Gasteiger partial charge in [0.05, 0.1) is 7.11 Å². The highest BCUT2D eigenvalue weighted by molar-refractivity contribution is 7.89. The van der Waals surface area contributed by atoms with E-state index < -0.39 is 10.0 Å². The number of piperidine rings is 1. The molecule has 0 aromatic heterocycles. The van der Waals surface area contributed by atoms with Crippen LogP contribution in [-0.2, 0) is 16.6 Å². The largest absolute Gasteiger partial charge is 0.495 e. The molecule has 1 heterocycles. The Bertz CT molecular complexity index is 587. The second-order valence-corrected chi connectivity index (χ2v) is 7.22. The molecular formula is C15H24N2O3S. The summed E-state index contributed by atoms with van der Waals surface area (Å²) in [5, 5.41) is 0. The minimum Gasteiger partial charge on any atom is -0.495 e. The zero-order valence-corrected chi connectivity index (χ0v) is 13.5. The van der Waals surface area contributed by atoms with Crippen molar-refractivity contribution in [2.45, 2.75) is 50.1 Å². The predicted octanol–water partition coefficient (Wildman–Crippen LogP) is 2.11. The lowest BCUT2D eigenvalue weighted by Gasteiger charge is -2.34. The molecule has 2 rings (SSSR count). The molecule has 6 heteroatoms. The van der Waals surface area contributed by atoms with E-state index in [2.05, 4.69) is 0 Å². The fourth-order valence-electron chi connectivity index (χ4n) is 2.88. The van der Waals surface area contributed by atoms with Crippen LogP contribution in [0.4, 0.5) is 0 Å². The lowest BCUT2D eigenvalue weighted by Crippen LogP contribution is -2.43. The molecule has 2 N–H and O–H groups in total. The van der Waals surface area contributed by atoms with Crippen LogP contribution in [0, 0.1) is 0 Å². The third-order valence-electron chi connectivity index (χ3n) is 4.09. The summed E-state index contributed by atoms with van der Waals surface area (Å²) < 4.78 is 32.8. The van der Waals surface area contributed by atoms with Crippen molar-refractivity contribution in [2.24, 2.45) is 5.73 Å². The highest BCUT2D eigenvalue weighted by Crippen LogP contribution is 2.32. The predicted molar refractivity (Wildman–Crippen MR) is 82.7 cm³/mol. The maximum Gasteiger partial charge on any atom is 0.247 e. The quantitative estimate of drug-likeness (QED) is 0.904. The molecule has 5 nitrogen and oxygen atoms in total. The SMILES string of the molecule is CCC1CCCCN1S(=O)(=O)c1ccc(CN)cc1OC. The van der Waals surface area contributed by atoms with E-state index in [0.717, 1.165) is 31.2 Å². The van der Waals surface area contributed by atoms with E-state index in [4.69, 9.17) is 10.5 Å². The summed E-state index contributed by atoms with van der Waals surface area (Å²) in [5.41, 5.74) is 6.46. The van der Waals surface area contributed by atoms with Gasteiger partial charge in [-0.15, -0.1) is 0 Å². The Morgan fingerprint density at radius 2 is 2.14 bits per heavy atom. The highest BCUT2D eigenvalue weighted by atomic mass is 32.2. The van der Waals surface area contributed by atoms with Gasteiger partial charge in [0.25, 0.3) is 0 Å². The summed E-state index contributed by atoms with van der Waals surface area (Å²) in [4.78, 5) is 0.238. The average Bonchev–Trinajstić information content (AvgIpc) is 2.53. The Morgan fingerprint density at radius 1 is 1.38 bits per heavy atom. The van der Waals surface area contributed by atoms with Gasteiger partial charge < -0.3 is 10.5 Å². The van der Waals surface area contributed by atoms with E-state index in [-0.39, 0.29) is 10.9 Å². The van der Waals surface area contributed by atoms with Crippen LogP contribution in [0.2, 0.25) is 0 Å². The zero-order chi connectivity index (χ0) is 15.5. The zero-order valence-electron chi connectivity index (χ0n) is 12.7. The second kappa shape index (κ2) is 6.77. The van der Waals surface area contributed by atoms with Crippen LogP contribution in [0.25, 0.3) is 0 Å². The van der Waals surface area contributed by atoms with Crippen molar-refractivity contribution in [3.8, 4) is 5.75 Å². The molecule has 1 saturated heterocycles. The van der Waals surface area contributed by atoms with Gasteiger partial charge in [0.2, 0.25) is 10.0 Å². The van der Waals surface area contributed by atoms with E-state index in [1.54, 1.807) is 22.5 Å². The molecule has 0 spiro atoms. The number of sulfonamides is 1. The number of nitrogens with two attached hydrogens (primary N) is 1. The molecule has 1 aliphatic heterocycles. The van der Waals surface area contributed by atoms with E-state index in [9.17, 15) is 8.42 Å². The molecule has 0 saturated carbocycles. The number of hydrogen-bond acceptors (Lipinski definition) is 4. The lowest BCUT2D eigenvalue weighted by atomic mass is 10.0. The molecule has 0 aliphatic carbocycles. The Kier molecular flexibility index (Phi) is 5.24. The molecule has 0 radical (unpaired) electrons. The molecule has 1 atom stereocenters. The first-order chi connectivity index (χ1) is 10.0. The number of nitrogens with zero attached hydrogens (tertiary/aromatic N) is 1. The first-order valence-corrected chi connectivity index (χ1v) is 8.87. The van der Waals surface area contributed by atoms with Gasteiger partial charge in [-0.2, -0.15) is 4.31 Å². The molecule has 118 valence electrons. The van der Waals surface area contributed by atoms with Gasteiger partial charge in [-0.25, -0.2) is 8.42 Å². The van der Waals surface area contributed by atoms with Crippen LogP contribution in [0.1, 0.15) is 38.2 Å². The number of rotatable bonds is 5. The molecule has 0 bridgehead atoms. The summed E-state index contributed by atoms with van der Waals surface area (Å²) in [6.45, 7) is 2.98. The second-order valence-electron chi connectivity index (χ2n) is 5.36. The number of methoxy groups -OCH3 is 1. The van der Waals surface area contributed by atoms with Gasteiger partial charge in [-0.1, -0.05) is 19.4 Å². The van der Waals surface area contributed by atoms with Crippen molar-refractivity contribution in [3.63, 3.8) is 0 Å². The maximum absolute atomic E-state index is 13.0. The van der Waals surface area contributed by atoms with Crippen LogP contribution in [-0.4, -0.2) is 32.4 Å². The highest BCUT2D eigenvalue weighted by Gasteiger charge is 2.34. The monoisotopic (exact) mass is 312 g/mol. The molecule has 0 amide bonds. The summed E-state index contributed by atoms with van der Waals surface area (Å²) in [7, 11) is -2.04. The minimum atomic E-state index is -3.52. The van der Waals surface area contributed by atoms with Gasteiger partial charge in [0.1, 0.15) is 10.6 Å². The van der Waals surface area contributed by atoms with Crippen molar-refractivity contribution < 1.29 is 13.2 Å². The van der Waals surface area contributed by atoms with Gasteiger partial charge >= 0.3 is 0 Å². The summed E-state index contributed by atoms with van der Waals surface area (Å²) in [6, 6.07) is 5.15. The van der Waals surface area contributed by atoms with E-state index >= 15 is 0 Å². The Balaban J connectivity index is 2.43. The molecule has 1 aliphatic rings. The molecule has 1 aromatic rings. The smallest absolute Gasteiger partial charge is 0.247 e. The number of ether oxygens (including phenoxy) is 1. The molecule has 21 heavy (non-hydrogen) atoms. The van der Waals surface area contributed by atoms with Crippen LogP contribution in [0.15, 0.2) is 23.1 Å². The summed E-state index contributed by atoms with van der Waals surface area (Å²) >= 11 is 0. The van der Waals surface area contributed by atoms with E-state index in [1.807, 2.05) is 6.92 Å². The Morgan fingerprint density at radius 3 is 2.76 bits per heavy atom. The van der Waals surface area contributed by atoms with Crippen molar-refractivity contribution in [3.05, 3.63) is 23.8 Å². The van der Waals surface area contributed by atoms with Crippen molar-refractivity contribution in [1.82, 2.24) is 4.31 Å². The van der Waals surface area contributed by atoms with Crippen LogP contribution in [0.3, 0.4) is 0 Å². The fourth-order valence-corrected chi connectivity index (χ4v) is 4.78. The normalized spacial score (nSPS) is 20.4. The lowest BCUT2D eigenvalue weighted by molar-refractivity contribution is 0.246.